The number of ether oxygens (including phenoxy) is 1. The molecule has 1 fully saturated rings. The second kappa shape index (κ2) is 9.93. The molecular formula is C20H27FN4O2S. The Morgan fingerprint density at radius 2 is 2.04 bits per heavy atom. The van der Waals surface area contributed by atoms with E-state index in [0.717, 1.165) is 22.9 Å². The fraction of sp³-hybridized carbons (Fsp3) is 0.550. The number of amides is 1. The van der Waals surface area contributed by atoms with Gasteiger partial charge in [-0.3, -0.25) is 4.79 Å². The Labute approximate surface area is 169 Å². The number of benzene rings is 1. The number of hydrogen-bond acceptors (Lipinski definition) is 6. The number of morpholine rings is 1. The third kappa shape index (κ3) is 5.48. The van der Waals surface area contributed by atoms with E-state index in [9.17, 15) is 9.18 Å². The molecule has 8 heteroatoms. The fourth-order valence-electron chi connectivity index (χ4n) is 3.13. The second-order valence-corrected chi connectivity index (χ2v) is 7.72. The predicted molar refractivity (Wildman–Crippen MR) is 108 cm³/mol. The second-order valence-electron chi connectivity index (χ2n) is 6.99. The van der Waals surface area contributed by atoms with Gasteiger partial charge in [0.1, 0.15) is 11.6 Å². The molecule has 28 heavy (non-hydrogen) atoms. The van der Waals surface area contributed by atoms with Crippen LogP contribution in [0, 0.1) is 5.82 Å². The molecule has 1 aromatic heterocycles. The molecule has 3 rings (SSSR count). The summed E-state index contributed by atoms with van der Waals surface area (Å²) < 4.78 is 22.9. The summed E-state index contributed by atoms with van der Waals surface area (Å²) in [5, 5.41) is 0.834. The predicted octanol–water partition coefficient (Wildman–Crippen LogP) is 3.12. The van der Waals surface area contributed by atoms with E-state index < -0.39 is 0 Å². The first-order chi connectivity index (χ1) is 13.6. The summed E-state index contributed by atoms with van der Waals surface area (Å²) in [6.45, 7) is 7.46. The van der Waals surface area contributed by atoms with Crippen molar-refractivity contribution >= 4 is 22.6 Å². The highest BCUT2D eigenvalue weighted by atomic mass is 32.1. The van der Waals surface area contributed by atoms with E-state index in [4.69, 9.17) is 4.74 Å². The van der Waals surface area contributed by atoms with Crippen molar-refractivity contribution in [3.05, 3.63) is 41.5 Å². The maximum atomic E-state index is 13.1. The number of aromatic nitrogens is 2. The van der Waals surface area contributed by atoms with Gasteiger partial charge in [-0.2, -0.15) is 4.37 Å². The van der Waals surface area contributed by atoms with Crippen LogP contribution in [0.25, 0.3) is 0 Å². The van der Waals surface area contributed by atoms with Gasteiger partial charge >= 0.3 is 0 Å². The summed E-state index contributed by atoms with van der Waals surface area (Å²) in [5.41, 5.74) is 0.975. The lowest BCUT2D eigenvalue weighted by Gasteiger charge is -2.30. The lowest BCUT2D eigenvalue weighted by Crippen LogP contribution is -2.43. The Kier molecular flexibility index (Phi) is 7.33. The molecule has 0 spiro atoms. The van der Waals surface area contributed by atoms with Gasteiger partial charge in [-0.05, 0) is 31.0 Å². The molecule has 1 aliphatic rings. The van der Waals surface area contributed by atoms with E-state index in [1.807, 2.05) is 4.90 Å². The maximum Gasteiger partial charge on any atom is 0.224 e. The Morgan fingerprint density at radius 3 is 2.71 bits per heavy atom. The lowest BCUT2D eigenvalue weighted by atomic mass is 10.1. The number of carbonyl (C=O) groups excluding carboxylic acids is 1. The van der Waals surface area contributed by atoms with Gasteiger partial charge in [-0.25, -0.2) is 9.37 Å². The van der Waals surface area contributed by atoms with E-state index in [1.165, 1.54) is 23.7 Å². The van der Waals surface area contributed by atoms with E-state index in [0.29, 0.717) is 45.7 Å². The average Bonchev–Trinajstić information content (AvgIpc) is 3.18. The number of hydrogen-bond donors (Lipinski definition) is 0. The van der Waals surface area contributed by atoms with Crippen LogP contribution >= 0.6 is 11.5 Å². The standard InChI is InChI=1S/C20H27FN4O2S/c1-3-15(2)25(9-8-19(26)24-10-12-27-13-11-24)20-22-18(23-28-20)14-16-4-6-17(21)7-5-16/h4-7,15H,3,8-14H2,1-2H3. The molecule has 1 saturated heterocycles. The molecule has 0 aliphatic carbocycles. The molecule has 0 N–H and O–H groups in total. The van der Waals surface area contributed by atoms with Crippen LogP contribution in [0.15, 0.2) is 24.3 Å². The van der Waals surface area contributed by atoms with Crippen molar-refractivity contribution in [2.45, 2.75) is 39.2 Å². The summed E-state index contributed by atoms with van der Waals surface area (Å²) in [6.07, 6.45) is 1.98. The molecule has 1 amide bonds. The SMILES string of the molecule is CCC(C)N(CCC(=O)N1CCOCC1)c1nc(Cc2ccc(F)cc2)ns1. The highest BCUT2D eigenvalue weighted by Crippen LogP contribution is 2.23. The number of rotatable bonds is 8. The van der Waals surface area contributed by atoms with Crippen molar-refractivity contribution in [3.63, 3.8) is 0 Å². The minimum Gasteiger partial charge on any atom is -0.378 e. The molecule has 2 heterocycles. The first kappa shape index (κ1) is 20.7. The van der Waals surface area contributed by atoms with Gasteiger partial charge in [0, 0.05) is 50.1 Å². The van der Waals surface area contributed by atoms with Crippen molar-refractivity contribution in [3.8, 4) is 0 Å². The quantitative estimate of drug-likeness (QED) is 0.674. The molecule has 0 bridgehead atoms. The van der Waals surface area contributed by atoms with Crippen molar-refractivity contribution in [2.75, 3.05) is 37.7 Å². The Bertz CT molecular complexity index is 762. The summed E-state index contributed by atoms with van der Waals surface area (Å²) in [4.78, 5) is 21.2. The molecular weight excluding hydrogens is 379 g/mol. The van der Waals surface area contributed by atoms with Crippen LogP contribution in [0.5, 0.6) is 0 Å². The van der Waals surface area contributed by atoms with Crippen LogP contribution in [0.1, 0.15) is 38.1 Å². The van der Waals surface area contributed by atoms with Crippen molar-refractivity contribution in [1.29, 1.82) is 0 Å². The average molecular weight is 407 g/mol. The van der Waals surface area contributed by atoms with E-state index in [2.05, 4.69) is 28.1 Å². The Balaban J connectivity index is 1.63. The summed E-state index contributed by atoms with van der Waals surface area (Å²) >= 11 is 1.36. The van der Waals surface area contributed by atoms with Crippen LogP contribution in [0.3, 0.4) is 0 Å². The highest BCUT2D eigenvalue weighted by molar-refractivity contribution is 7.09. The third-order valence-electron chi connectivity index (χ3n) is 5.03. The number of anilines is 1. The van der Waals surface area contributed by atoms with Gasteiger partial charge in [0.25, 0.3) is 0 Å². The van der Waals surface area contributed by atoms with Crippen LogP contribution < -0.4 is 4.90 Å². The third-order valence-corrected chi connectivity index (χ3v) is 5.82. The van der Waals surface area contributed by atoms with Gasteiger partial charge in [0.05, 0.1) is 13.2 Å². The molecule has 0 saturated carbocycles. The minimum absolute atomic E-state index is 0.160. The number of halogens is 1. The summed E-state index contributed by atoms with van der Waals surface area (Å²) in [6, 6.07) is 6.67. The van der Waals surface area contributed by atoms with Crippen molar-refractivity contribution in [2.24, 2.45) is 0 Å². The Hall–Kier alpha value is -2.06. The molecule has 0 radical (unpaired) electrons. The fourth-order valence-corrected chi connectivity index (χ4v) is 3.94. The molecule has 2 aromatic rings. The topological polar surface area (TPSA) is 58.6 Å². The largest absolute Gasteiger partial charge is 0.378 e. The van der Waals surface area contributed by atoms with Crippen LogP contribution in [-0.4, -0.2) is 59.1 Å². The Morgan fingerprint density at radius 1 is 1.32 bits per heavy atom. The van der Waals surface area contributed by atoms with Crippen molar-refractivity contribution < 1.29 is 13.9 Å². The lowest BCUT2D eigenvalue weighted by molar-refractivity contribution is -0.135. The van der Waals surface area contributed by atoms with Gasteiger partial charge in [-0.15, -0.1) is 0 Å². The molecule has 1 atom stereocenters. The van der Waals surface area contributed by atoms with Gasteiger partial charge in [0.15, 0.2) is 0 Å². The molecule has 1 unspecified atom stereocenters. The first-order valence-corrected chi connectivity index (χ1v) is 10.5. The molecule has 6 nitrogen and oxygen atoms in total. The monoisotopic (exact) mass is 406 g/mol. The highest BCUT2D eigenvalue weighted by Gasteiger charge is 2.22. The van der Waals surface area contributed by atoms with Crippen LogP contribution in [0.2, 0.25) is 0 Å². The zero-order valence-electron chi connectivity index (χ0n) is 16.4. The molecule has 152 valence electrons. The molecule has 1 aliphatic heterocycles. The van der Waals surface area contributed by atoms with Gasteiger partial charge in [-0.1, -0.05) is 19.1 Å². The minimum atomic E-state index is -0.247. The van der Waals surface area contributed by atoms with Crippen molar-refractivity contribution in [1.82, 2.24) is 14.3 Å². The van der Waals surface area contributed by atoms with Crippen LogP contribution in [-0.2, 0) is 16.0 Å². The number of nitrogens with zero attached hydrogens (tertiary/aromatic N) is 4. The number of carbonyl (C=O) groups is 1. The van der Waals surface area contributed by atoms with E-state index >= 15 is 0 Å². The van der Waals surface area contributed by atoms with E-state index in [1.54, 1.807) is 12.1 Å². The maximum absolute atomic E-state index is 13.1. The summed E-state index contributed by atoms with van der Waals surface area (Å²) in [7, 11) is 0. The first-order valence-electron chi connectivity index (χ1n) is 9.76. The summed E-state index contributed by atoms with van der Waals surface area (Å²) in [5.74, 6) is 0.635. The smallest absolute Gasteiger partial charge is 0.224 e. The van der Waals surface area contributed by atoms with Gasteiger partial charge < -0.3 is 14.5 Å². The van der Waals surface area contributed by atoms with Crippen LogP contribution in [0.4, 0.5) is 9.52 Å². The molecule has 1 aromatic carbocycles. The van der Waals surface area contributed by atoms with E-state index in [-0.39, 0.29) is 17.8 Å². The van der Waals surface area contributed by atoms with Gasteiger partial charge in [0.2, 0.25) is 11.0 Å². The normalized spacial score (nSPS) is 15.5. The zero-order valence-corrected chi connectivity index (χ0v) is 17.3. The zero-order chi connectivity index (χ0) is 19.9.